The number of aromatic amines is 1. The predicted octanol–water partition coefficient (Wildman–Crippen LogP) is 3.22. The summed E-state index contributed by atoms with van der Waals surface area (Å²) in [4.78, 5) is 33.7. The van der Waals surface area contributed by atoms with Crippen LogP contribution in [0.3, 0.4) is 0 Å². The molecule has 4 heterocycles. The van der Waals surface area contributed by atoms with Crippen molar-refractivity contribution >= 4 is 29.2 Å². The maximum Gasteiger partial charge on any atom is 0.256 e. The van der Waals surface area contributed by atoms with Gasteiger partial charge < -0.3 is 20.1 Å². The average Bonchev–Trinajstić information content (AvgIpc) is 3.42. The molecule has 0 aliphatic carbocycles. The van der Waals surface area contributed by atoms with Gasteiger partial charge in [0, 0.05) is 48.7 Å². The molecule has 0 saturated carbocycles. The largest absolute Gasteiger partial charge is 0.358 e. The second-order valence-electron chi connectivity index (χ2n) is 8.62. The number of nitrogens with zero attached hydrogens (tertiary/aromatic N) is 2. The average molecular weight is 405 g/mol. The first-order valence-electron chi connectivity index (χ1n) is 10.9. The Labute approximate surface area is 176 Å². The molecule has 3 aliphatic heterocycles. The molecule has 2 amide bonds. The number of aryl methyl sites for hydroxylation is 1. The van der Waals surface area contributed by atoms with Gasteiger partial charge in [-0.2, -0.15) is 0 Å². The van der Waals surface area contributed by atoms with Crippen molar-refractivity contribution in [2.75, 3.05) is 38.0 Å². The van der Waals surface area contributed by atoms with Crippen molar-refractivity contribution < 1.29 is 9.59 Å². The number of anilines is 1. The number of rotatable bonds is 4. The zero-order valence-corrected chi connectivity index (χ0v) is 17.7. The van der Waals surface area contributed by atoms with Gasteiger partial charge in [-0.05, 0) is 63.0 Å². The number of amides is 2. The number of carbonyl (C=O) groups excluding carboxylic acids is 2. The number of carbonyl (C=O) groups is 2. The summed E-state index contributed by atoms with van der Waals surface area (Å²) in [5, 5.41) is 2.95. The highest BCUT2D eigenvalue weighted by atomic mass is 16.2. The van der Waals surface area contributed by atoms with Crippen LogP contribution in [-0.2, 0) is 11.2 Å². The molecule has 0 bridgehead atoms. The van der Waals surface area contributed by atoms with Gasteiger partial charge in [-0.3, -0.25) is 9.59 Å². The van der Waals surface area contributed by atoms with Gasteiger partial charge >= 0.3 is 0 Å². The molecule has 1 saturated heterocycles. The predicted molar refractivity (Wildman–Crippen MR) is 118 cm³/mol. The lowest BCUT2D eigenvalue weighted by Gasteiger charge is -2.29. The summed E-state index contributed by atoms with van der Waals surface area (Å²) in [5.41, 5.74) is 7.10. The van der Waals surface area contributed by atoms with E-state index in [0.717, 1.165) is 78.5 Å². The lowest BCUT2D eigenvalue weighted by molar-refractivity contribution is -0.110. The van der Waals surface area contributed by atoms with Crippen LogP contribution in [0.4, 0.5) is 5.69 Å². The van der Waals surface area contributed by atoms with Crippen LogP contribution >= 0.6 is 0 Å². The van der Waals surface area contributed by atoms with Crippen LogP contribution in [0.1, 0.15) is 51.3 Å². The molecular formula is C24H28N4O2. The molecule has 6 heteroatoms. The van der Waals surface area contributed by atoms with Crippen molar-refractivity contribution in [3.63, 3.8) is 0 Å². The summed E-state index contributed by atoms with van der Waals surface area (Å²) >= 11 is 0. The molecule has 1 aromatic heterocycles. The molecule has 30 heavy (non-hydrogen) atoms. The smallest absolute Gasteiger partial charge is 0.256 e. The minimum atomic E-state index is -0.0927. The molecule has 1 fully saturated rings. The van der Waals surface area contributed by atoms with E-state index in [4.69, 9.17) is 0 Å². The Morgan fingerprint density at radius 1 is 1.03 bits per heavy atom. The first-order chi connectivity index (χ1) is 14.5. The Morgan fingerprint density at radius 2 is 1.83 bits per heavy atom. The Morgan fingerprint density at radius 3 is 2.63 bits per heavy atom. The minimum absolute atomic E-state index is 0.0927. The molecule has 0 spiro atoms. The summed E-state index contributed by atoms with van der Waals surface area (Å²) in [7, 11) is 0. The molecule has 5 rings (SSSR count). The van der Waals surface area contributed by atoms with Crippen LogP contribution in [-0.4, -0.2) is 59.3 Å². The fraction of sp³-hybridized carbons (Fsp3) is 0.417. The van der Waals surface area contributed by atoms with Gasteiger partial charge in [0.1, 0.15) is 0 Å². The summed E-state index contributed by atoms with van der Waals surface area (Å²) in [6.07, 6.45) is 5.27. The van der Waals surface area contributed by atoms with Gasteiger partial charge in [0.15, 0.2) is 0 Å². The maximum atomic E-state index is 13.2. The van der Waals surface area contributed by atoms with E-state index in [1.807, 2.05) is 43.0 Å². The van der Waals surface area contributed by atoms with Crippen molar-refractivity contribution in [3.05, 3.63) is 51.8 Å². The van der Waals surface area contributed by atoms with Crippen molar-refractivity contribution in [2.24, 2.45) is 0 Å². The number of likely N-dealkylation sites (tertiary alicyclic amines) is 1. The molecule has 0 atom stereocenters. The van der Waals surface area contributed by atoms with Crippen LogP contribution < -0.4 is 5.32 Å². The highest BCUT2D eigenvalue weighted by molar-refractivity contribution is 6.35. The molecule has 2 N–H and O–H groups in total. The van der Waals surface area contributed by atoms with Crippen molar-refractivity contribution in [3.8, 4) is 0 Å². The van der Waals surface area contributed by atoms with E-state index in [-0.39, 0.29) is 11.8 Å². The number of benzene rings is 1. The quantitative estimate of drug-likeness (QED) is 0.769. The fourth-order valence-corrected chi connectivity index (χ4v) is 5.00. The second-order valence-corrected chi connectivity index (χ2v) is 8.62. The second kappa shape index (κ2) is 7.43. The van der Waals surface area contributed by atoms with Gasteiger partial charge in [0.05, 0.1) is 11.1 Å². The zero-order valence-electron chi connectivity index (χ0n) is 17.7. The molecule has 1 aromatic carbocycles. The first-order valence-corrected chi connectivity index (χ1v) is 10.9. The lowest BCUT2D eigenvalue weighted by Crippen LogP contribution is -2.42. The minimum Gasteiger partial charge on any atom is -0.358 e. The van der Waals surface area contributed by atoms with E-state index in [9.17, 15) is 9.59 Å². The molecular weight excluding hydrogens is 376 g/mol. The Hall–Kier alpha value is -2.86. The number of nitrogens with one attached hydrogen (secondary N) is 2. The van der Waals surface area contributed by atoms with Gasteiger partial charge in [-0.25, -0.2) is 0 Å². The molecule has 0 unspecified atom stereocenters. The summed E-state index contributed by atoms with van der Waals surface area (Å²) in [6.45, 7) is 8.79. The molecule has 156 valence electrons. The normalized spacial score (nSPS) is 20.1. The van der Waals surface area contributed by atoms with E-state index < -0.39 is 0 Å². The van der Waals surface area contributed by atoms with Gasteiger partial charge in [-0.15, -0.1) is 0 Å². The number of hydrogen-bond donors (Lipinski definition) is 2. The highest BCUT2D eigenvalue weighted by Gasteiger charge is 2.31. The van der Waals surface area contributed by atoms with E-state index in [0.29, 0.717) is 5.57 Å². The highest BCUT2D eigenvalue weighted by Crippen LogP contribution is 2.36. The van der Waals surface area contributed by atoms with Crippen LogP contribution in [0.25, 0.3) is 11.6 Å². The number of H-pyrrole nitrogens is 1. The summed E-state index contributed by atoms with van der Waals surface area (Å²) < 4.78 is 0. The van der Waals surface area contributed by atoms with Crippen LogP contribution in [0.2, 0.25) is 0 Å². The molecule has 2 aromatic rings. The summed E-state index contributed by atoms with van der Waals surface area (Å²) in [5.74, 6) is 0.0196. The number of fused-ring (bicyclic) bond motifs is 2. The third kappa shape index (κ3) is 3.16. The van der Waals surface area contributed by atoms with Crippen LogP contribution in [0, 0.1) is 13.8 Å². The zero-order chi connectivity index (χ0) is 20.8. The Kier molecular flexibility index (Phi) is 4.74. The SMILES string of the molecule is Cc1cccc2c1/C(=C/c1[nH]c3c(c1C)C(=O)N(CCN1CCCC1)CC3)C(=O)N2. The third-order valence-corrected chi connectivity index (χ3v) is 6.71. The van der Waals surface area contributed by atoms with Crippen LogP contribution in [0.15, 0.2) is 18.2 Å². The van der Waals surface area contributed by atoms with Gasteiger partial charge in [0.2, 0.25) is 0 Å². The van der Waals surface area contributed by atoms with Gasteiger partial charge in [-0.1, -0.05) is 12.1 Å². The van der Waals surface area contributed by atoms with Crippen molar-refractivity contribution in [2.45, 2.75) is 33.1 Å². The monoisotopic (exact) mass is 404 g/mol. The van der Waals surface area contributed by atoms with E-state index in [2.05, 4.69) is 15.2 Å². The standard InChI is InChI=1S/C24H28N4O2/c1-15-6-5-7-18-21(15)17(23(29)26-18)14-20-16(2)22-19(25-20)8-11-28(24(22)30)13-12-27-9-3-4-10-27/h5-7,14,25H,3-4,8-13H2,1-2H3,(H,26,29)/b17-14-. The molecule has 3 aliphatic rings. The summed E-state index contributed by atoms with van der Waals surface area (Å²) in [6, 6.07) is 5.89. The Balaban J connectivity index is 1.43. The molecule has 0 radical (unpaired) electrons. The van der Waals surface area contributed by atoms with E-state index in [1.54, 1.807) is 0 Å². The van der Waals surface area contributed by atoms with E-state index in [1.165, 1.54) is 12.8 Å². The van der Waals surface area contributed by atoms with Crippen LogP contribution in [0.5, 0.6) is 0 Å². The van der Waals surface area contributed by atoms with Crippen molar-refractivity contribution in [1.29, 1.82) is 0 Å². The molecule has 6 nitrogen and oxygen atoms in total. The Bertz CT molecular complexity index is 1060. The third-order valence-electron chi connectivity index (χ3n) is 6.71. The first kappa shape index (κ1) is 19.1. The fourth-order valence-electron chi connectivity index (χ4n) is 5.00. The van der Waals surface area contributed by atoms with Gasteiger partial charge in [0.25, 0.3) is 11.8 Å². The maximum absolute atomic E-state index is 13.2. The number of hydrogen-bond acceptors (Lipinski definition) is 3. The number of aromatic nitrogens is 1. The lowest BCUT2D eigenvalue weighted by atomic mass is 9.99. The van der Waals surface area contributed by atoms with E-state index >= 15 is 0 Å². The van der Waals surface area contributed by atoms with Crippen molar-refractivity contribution in [1.82, 2.24) is 14.8 Å². The topological polar surface area (TPSA) is 68.4 Å².